The summed E-state index contributed by atoms with van der Waals surface area (Å²) in [4.78, 5) is 0. The van der Waals surface area contributed by atoms with E-state index in [1.807, 2.05) is 0 Å². The Morgan fingerprint density at radius 2 is 1.89 bits per heavy atom. The standard InChI is InChI=1S/C17H22N2/c1-3-15-9-4-5-10-16(15)17(19-18)12-14-8-6-7-13(2)11-14/h4-11,17,19H,3,12,18H2,1-2H3. The van der Waals surface area contributed by atoms with Crippen molar-refractivity contribution >= 4 is 0 Å². The minimum Gasteiger partial charge on any atom is -0.271 e. The average Bonchev–Trinajstić information content (AvgIpc) is 2.45. The maximum absolute atomic E-state index is 5.76. The van der Waals surface area contributed by atoms with Crippen molar-refractivity contribution in [1.82, 2.24) is 5.43 Å². The summed E-state index contributed by atoms with van der Waals surface area (Å²) >= 11 is 0. The van der Waals surface area contributed by atoms with Crippen LogP contribution in [-0.4, -0.2) is 0 Å². The monoisotopic (exact) mass is 254 g/mol. The fraction of sp³-hybridized carbons (Fsp3) is 0.294. The number of nitrogens with two attached hydrogens (primary N) is 1. The first-order valence-corrected chi connectivity index (χ1v) is 6.84. The molecule has 0 aliphatic rings. The van der Waals surface area contributed by atoms with Gasteiger partial charge in [0, 0.05) is 0 Å². The van der Waals surface area contributed by atoms with Crippen LogP contribution in [-0.2, 0) is 12.8 Å². The molecule has 1 unspecified atom stereocenters. The molecule has 0 aromatic heterocycles. The molecule has 0 saturated carbocycles. The van der Waals surface area contributed by atoms with Crippen molar-refractivity contribution in [3.8, 4) is 0 Å². The van der Waals surface area contributed by atoms with Gasteiger partial charge in [-0.05, 0) is 36.5 Å². The predicted octanol–water partition coefficient (Wildman–Crippen LogP) is 3.30. The Hall–Kier alpha value is -1.64. The number of hydrogen-bond donors (Lipinski definition) is 2. The topological polar surface area (TPSA) is 38.0 Å². The molecule has 19 heavy (non-hydrogen) atoms. The Labute approximate surface area is 115 Å². The highest BCUT2D eigenvalue weighted by atomic mass is 15.2. The maximum atomic E-state index is 5.76. The molecule has 0 saturated heterocycles. The van der Waals surface area contributed by atoms with Gasteiger partial charge in [-0.3, -0.25) is 11.3 Å². The Morgan fingerprint density at radius 3 is 2.58 bits per heavy atom. The van der Waals surface area contributed by atoms with Gasteiger partial charge in [0.1, 0.15) is 0 Å². The highest BCUT2D eigenvalue weighted by molar-refractivity contribution is 5.32. The van der Waals surface area contributed by atoms with Gasteiger partial charge >= 0.3 is 0 Å². The lowest BCUT2D eigenvalue weighted by molar-refractivity contribution is 0.547. The summed E-state index contributed by atoms with van der Waals surface area (Å²) < 4.78 is 0. The first-order valence-electron chi connectivity index (χ1n) is 6.84. The van der Waals surface area contributed by atoms with E-state index in [4.69, 9.17) is 5.84 Å². The van der Waals surface area contributed by atoms with Crippen molar-refractivity contribution in [3.05, 3.63) is 70.8 Å². The summed E-state index contributed by atoms with van der Waals surface area (Å²) in [5, 5.41) is 0. The lowest BCUT2D eigenvalue weighted by Gasteiger charge is -2.19. The van der Waals surface area contributed by atoms with Gasteiger partial charge in [-0.2, -0.15) is 0 Å². The lowest BCUT2D eigenvalue weighted by atomic mass is 9.94. The molecule has 0 bridgehead atoms. The van der Waals surface area contributed by atoms with Crippen LogP contribution in [0.25, 0.3) is 0 Å². The lowest BCUT2D eigenvalue weighted by Crippen LogP contribution is -2.30. The highest BCUT2D eigenvalue weighted by Gasteiger charge is 2.13. The molecule has 2 aromatic carbocycles. The minimum atomic E-state index is 0.165. The molecule has 0 aliphatic carbocycles. The first kappa shape index (κ1) is 13.8. The Bertz CT molecular complexity index is 534. The number of hydrazine groups is 1. The van der Waals surface area contributed by atoms with Crippen LogP contribution < -0.4 is 11.3 Å². The molecule has 0 fully saturated rings. The fourth-order valence-corrected chi connectivity index (χ4v) is 2.53. The van der Waals surface area contributed by atoms with Crippen LogP contribution in [0.1, 0.15) is 35.2 Å². The number of nitrogens with one attached hydrogen (secondary N) is 1. The van der Waals surface area contributed by atoms with Crippen molar-refractivity contribution in [2.45, 2.75) is 32.7 Å². The van der Waals surface area contributed by atoms with Crippen molar-refractivity contribution in [3.63, 3.8) is 0 Å². The molecule has 2 heteroatoms. The largest absolute Gasteiger partial charge is 0.271 e. The van der Waals surface area contributed by atoms with Crippen LogP contribution in [0.4, 0.5) is 0 Å². The third-order valence-electron chi connectivity index (χ3n) is 3.53. The molecular formula is C17H22N2. The van der Waals surface area contributed by atoms with Crippen molar-refractivity contribution in [2.24, 2.45) is 5.84 Å². The molecule has 0 aliphatic heterocycles. The fourth-order valence-electron chi connectivity index (χ4n) is 2.53. The average molecular weight is 254 g/mol. The van der Waals surface area contributed by atoms with Gasteiger partial charge in [0.05, 0.1) is 6.04 Å². The van der Waals surface area contributed by atoms with E-state index in [0.717, 1.165) is 12.8 Å². The highest BCUT2D eigenvalue weighted by Crippen LogP contribution is 2.22. The van der Waals surface area contributed by atoms with Gasteiger partial charge in [-0.1, -0.05) is 61.0 Å². The second-order valence-electron chi connectivity index (χ2n) is 4.96. The van der Waals surface area contributed by atoms with Crippen molar-refractivity contribution in [1.29, 1.82) is 0 Å². The number of aryl methyl sites for hydroxylation is 2. The van der Waals surface area contributed by atoms with Gasteiger partial charge in [-0.15, -0.1) is 0 Å². The van der Waals surface area contributed by atoms with Crippen LogP contribution in [0.5, 0.6) is 0 Å². The zero-order chi connectivity index (χ0) is 13.7. The van der Waals surface area contributed by atoms with E-state index in [0.29, 0.717) is 0 Å². The molecule has 0 amide bonds. The van der Waals surface area contributed by atoms with E-state index in [1.54, 1.807) is 0 Å². The van der Waals surface area contributed by atoms with Gasteiger partial charge in [0.25, 0.3) is 0 Å². The Balaban J connectivity index is 2.25. The molecule has 2 rings (SSSR count). The molecule has 0 radical (unpaired) electrons. The van der Waals surface area contributed by atoms with Crippen molar-refractivity contribution in [2.75, 3.05) is 0 Å². The third kappa shape index (κ3) is 3.43. The molecule has 0 heterocycles. The summed E-state index contributed by atoms with van der Waals surface area (Å²) in [6, 6.07) is 17.3. The Morgan fingerprint density at radius 1 is 1.11 bits per heavy atom. The molecule has 2 nitrogen and oxygen atoms in total. The van der Waals surface area contributed by atoms with Gasteiger partial charge in [-0.25, -0.2) is 0 Å². The van der Waals surface area contributed by atoms with Gasteiger partial charge in [0.2, 0.25) is 0 Å². The van der Waals surface area contributed by atoms with Crippen molar-refractivity contribution < 1.29 is 0 Å². The predicted molar refractivity (Wildman–Crippen MR) is 80.8 cm³/mol. The Kier molecular flexibility index (Phi) is 4.72. The third-order valence-corrected chi connectivity index (χ3v) is 3.53. The van der Waals surface area contributed by atoms with Crippen LogP contribution in [0.2, 0.25) is 0 Å². The van der Waals surface area contributed by atoms with E-state index in [2.05, 4.69) is 67.8 Å². The van der Waals surface area contributed by atoms with E-state index in [-0.39, 0.29) is 6.04 Å². The minimum absolute atomic E-state index is 0.165. The smallest absolute Gasteiger partial charge is 0.0503 e. The van der Waals surface area contributed by atoms with Crippen LogP contribution in [0.15, 0.2) is 48.5 Å². The summed E-state index contributed by atoms with van der Waals surface area (Å²) in [5.41, 5.74) is 8.22. The van der Waals surface area contributed by atoms with E-state index >= 15 is 0 Å². The summed E-state index contributed by atoms with van der Waals surface area (Å²) in [6.07, 6.45) is 1.94. The molecule has 2 aromatic rings. The van der Waals surface area contributed by atoms with Crippen LogP contribution in [0, 0.1) is 6.92 Å². The molecule has 100 valence electrons. The van der Waals surface area contributed by atoms with E-state index < -0.39 is 0 Å². The maximum Gasteiger partial charge on any atom is 0.0503 e. The van der Waals surface area contributed by atoms with Gasteiger partial charge < -0.3 is 0 Å². The zero-order valence-electron chi connectivity index (χ0n) is 11.7. The summed E-state index contributed by atoms with van der Waals surface area (Å²) in [7, 11) is 0. The molecule has 3 N–H and O–H groups in total. The van der Waals surface area contributed by atoms with Crippen LogP contribution >= 0.6 is 0 Å². The quantitative estimate of drug-likeness (QED) is 0.634. The number of hydrogen-bond acceptors (Lipinski definition) is 2. The normalized spacial score (nSPS) is 12.4. The number of rotatable bonds is 5. The van der Waals surface area contributed by atoms with Gasteiger partial charge in [0.15, 0.2) is 0 Å². The van der Waals surface area contributed by atoms with E-state index in [1.165, 1.54) is 22.3 Å². The first-order chi connectivity index (χ1) is 9.24. The molecule has 0 spiro atoms. The SMILES string of the molecule is CCc1ccccc1C(Cc1cccc(C)c1)NN. The van der Waals surface area contributed by atoms with E-state index in [9.17, 15) is 0 Å². The van der Waals surface area contributed by atoms with Crippen LogP contribution in [0.3, 0.4) is 0 Å². The second-order valence-corrected chi connectivity index (χ2v) is 4.96. The zero-order valence-corrected chi connectivity index (χ0v) is 11.7. The molecule has 1 atom stereocenters. The summed E-state index contributed by atoms with van der Waals surface area (Å²) in [6.45, 7) is 4.30. The number of benzene rings is 2. The summed E-state index contributed by atoms with van der Waals surface area (Å²) in [5.74, 6) is 5.76. The molecular weight excluding hydrogens is 232 g/mol. The second kappa shape index (κ2) is 6.50.